The van der Waals surface area contributed by atoms with E-state index in [0.29, 0.717) is 0 Å². The van der Waals surface area contributed by atoms with Gasteiger partial charge in [-0.3, -0.25) is 0 Å². The highest BCUT2D eigenvalue weighted by Crippen LogP contribution is 1.98. The average molecular weight is 210 g/mol. The topological polar surface area (TPSA) is 37.2 Å². The minimum atomic E-state index is 0.737. The maximum absolute atomic E-state index is 5.21. The molecule has 0 bridgehead atoms. The van der Waals surface area contributed by atoms with Gasteiger partial charge >= 0.3 is 0 Å². The van der Waals surface area contributed by atoms with Crippen molar-refractivity contribution in [3.63, 3.8) is 0 Å². The van der Waals surface area contributed by atoms with E-state index in [-0.39, 0.29) is 0 Å². The van der Waals surface area contributed by atoms with Crippen molar-refractivity contribution in [1.29, 1.82) is 0 Å². The molecule has 1 aromatic rings. The van der Waals surface area contributed by atoms with Crippen LogP contribution < -0.4 is 10.6 Å². The van der Waals surface area contributed by atoms with Crippen molar-refractivity contribution in [3.05, 3.63) is 24.2 Å². The molecule has 0 unspecified atom stereocenters. The first kappa shape index (κ1) is 12.3. The summed E-state index contributed by atoms with van der Waals surface area (Å²) in [5.41, 5.74) is 0. The number of furan rings is 1. The largest absolute Gasteiger partial charge is 0.468 e. The summed E-state index contributed by atoms with van der Waals surface area (Å²) in [5, 5.41) is 6.76. The molecule has 1 rings (SSSR count). The van der Waals surface area contributed by atoms with Gasteiger partial charge in [0.1, 0.15) is 5.76 Å². The third-order valence-electron chi connectivity index (χ3n) is 2.14. The number of hydrogen-bond donors (Lipinski definition) is 2. The third kappa shape index (κ3) is 6.31. The number of nitrogens with one attached hydrogen (secondary N) is 2. The Kier molecular flexibility index (Phi) is 6.12. The molecule has 2 N–H and O–H groups in total. The first-order valence-corrected chi connectivity index (χ1v) is 5.73. The van der Waals surface area contributed by atoms with Gasteiger partial charge in [0, 0.05) is 0 Å². The lowest BCUT2D eigenvalue weighted by molar-refractivity contribution is 0.475. The Bertz CT molecular complexity index is 232. The fourth-order valence-electron chi connectivity index (χ4n) is 1.35. The molecule has 0 spiro atoms. The van der Waals surface area contributed by atoms with Gasteiger partial charge in [0.2, 0.25) is 0 Å². The molecule has 0 aliphatic heterocycles. The van der Waals surface area contributed by atoms with E-state index >= 15 is 0 Å². The minimum absolute atomic E-state index is 0.737. The molecule has 3 nitrogen and oxygen atoms in total. The Morgan fingerprint density at radius 3 is 2.73 bits per heavy atom. The summed E-state index contributed by atoms with van der Waals surface area (Å²) in [5.74, 6) is 1.74. The van der Waals surface area contributed by atoms with Crippen molar-refractivity contribution in [2.75, 3.05) is 19.6 Å². The second-order valence-corrected chi connectivity index (χ2v) is 4.21. The summed E-state index contributed by atoms with van der Waals surface area (Å²) in [7, 11) is 0. The first-order valence-electron chi connectivity index (χ1n) is 5.73. The SMILES string of the molecule is CC(C)CNCCCNCc1ccco1. The maximum atomic E-state index is 5.21. The number of rotatable bonds is 8. The van der Waals surface area contributed by atoms with E-state index < -0.39 is 0 Å². The highest BCUT2D eigenvalue weighted by Gasteiger charge is 1.95. The van der Waals surface area contributed by atoms with Gasteiger partial charge in [0.05, 0.1) is 12.8 Å². The molecular formula is C12H22N2O. The Morgan fingerprint density at radius 2 is 2.07 bits per heavy atom. The van der Waals surface area contributed by atoms with Gasteiger partial charge < -0.3 is 15.1 Å². The molecule has 0 atom stereocenters. The molecule has 0 saturated carbocycles. The fraction of sp³-hybridized carbons (Fsp3) is 0.667. The van der Waals surface area contributed by atoms with Crippen molar-refractivity contribution in [2.24, 2.45) is 5.92 Å². The second kappa shape index (κ2) is 7.49. The van der Waals surface area contributed by atoms with Crippen LogP contribution in [0.15, 0.2) is 22.8 Å². The lowest BCUT2D eigenvalue weighted by Crippen LogP contribution is -2.24. The monoisotopic (exact) mass is 210 g/mol. The normalized spacial score (nSPS) is 11.1. The van der Waals surface area contributed by atoms with Gasteiger partial charge in [-0.2, -0.15) is 0 Å². The van der Waals surface area contributed by atoms with Gasteiger partial charge in [-0.1, -0.05) is 13.8 Å². The van der Waals surface area contributed by atoms with Crippen LogP contribution in [-0.2, 0) is 6.54 Å². The molecule has 3 heteroatoms. The average Bonchev–Trinajstić information content (AvgIpc) is 2.68. The molecule has 0 amide bonds. The predicted octanol–water partition coefficient (Wildman–Crippen LogP) is 2.00. The Labute approximate surface area is 92.2 Å². The molecule has 0 aliphatic carbocycles. The summed E-state index contributed by atoms with van der Waals surface area (Å²) in [4.78, 5) is 0. The molecule has 86 valence electrons. The highest BCUT2D eigenvalue weighted by molar-refractivity contribution is 4.97. The molecule has 0 aromatic carbocycles. The summed E-state index contributed by atoms with van der Waals surface area (Å²) >= 11 is 0. The Hall–Kier alpha value is -0.800. The van der Waals surface area contributed by atoms with E-state index in [1.165, 1.54) is 0 Å². The molecule has 1 heterocycles. The fourth-order valence-corrected chi connectivity index (χ4v) is 1.35. The van der Waals surface area contributed by atoms with E-state index in [1.54, 1.807) is 6.26 Å². The quantitative estimate of drug-likeness (QED) is 0.644. The molecule has 1 aromatic heterocycles. The van der Waals surface area contributed by atoms with E-state index in [1.807, 2.05) is 12.1 Å². The van der Waals surface area contributed by atoms with Gasteiger partial charge in [0.15, 0.2) is 0 Å². The Balaban J connectivity index is 1.85. The van der Waals surface area contributed by atoms with Crippen LogP contribution in [0.5, 0.6) is 0 Å². The van der Waals surface area contributed by atoms with E-state index in [9.17, 15) is 0 Å². The minimum Gasteiger partial charge on any atom is -0.468 e. The predicted molar refractivity (Wildman–Crippen MR) is 62.7 cm³/mol. The van der Waals surface area contributed by atoms with Crippen molar-refractivity contribution in [2.45, 2.75) is 26.8 Å². The van der Waals surface area contributed by atoms with Crippen LogP contribution in [0.1, 0.15) is 26.0 Å². The van der Waals surface area contributed by atoms with Crippen molar-refractivity contribution >= 4 is 0 Å². The summed E-state index contributed by atoms with van der Waals surface area (Å²) in [6.45, 7) is 8.51. The lowest BCUT2D eigenvalue weighted by Gasteiger charge is -2.07. The smallest absolute Gasteiger partial charge is 0.117 e. The van der Waals surface area contributed by atoms with Gasteiger partial charge in [-0.05, 0) is 44.1 Å². The third-order valence-corrected chi connectivity index (χ3v) is 2.14. The van der Waals surface area contributed by atoms with E-state index in [2.05, 4.69) is 24.5 Å². The standard InChI is InChI=1S/C12H22N2O/c1-11(2)9-13-6-4-7-14-10-12-5-3-8-15-12/h3,5,8,11,13-14H,4,6-7,9-10H2,1-2H3. The molecule has 15 heavy (non-hydrogen) atoms. The van der Waals surface area contributed by atoms with Crippen LogP contribution in [0.25, 0.3) is 0 Å². The van der Waals surface area contributed by atoms with Crippen LogP contribution in [-0.4, -0.2) is 19.6 Å². The molecule has 0 fully saturated rings. The Morgan fingerprint density at radius 1 is 1.27 bits per heavy atom. The molecule has 0 saturated heterocycles. The molecular weight excluding hydrogens is 188 g/mol. The zero-order valence-electron chi connectivity index (χ0n) is 9.75. The summed E-state index contributed by atoms with van der Waals surface area (Å²) in [6, 6.07) is 3.91. The van der Waals surface area contributed by atoms with Gasteiger partial charge in [0.25, 0.3) is 0 Å². The molecule has 0 aliphatic rings. The van der Waals surface area contributed by atoms with Crippen LogP contribution in [0.4, 0.5) is 0 Å². The van der Waals surface area contributed by atoms with Gasteiger partial charge in [-0.15, -0.1) is 0 Å². The lowest BCUT2D eigenvalue weighted by atomic mass is 10.2. The van der Waals surface area contributed by atoms with Crippen LogP contribution >= 0.6 is 0 Å². The summed E-state index contributed by atoms with van der Waals surface area (Å²) in [6.07, 6.45) is 2.87. The van der Waals surface area contributed by atoms with Crippen LogP contribution in [0.2, 0.25) is 0 Å². The molecule has 0 radical (unpaired) electrons. The second-order valence-electron chi connectivity index (χ2n) is 4.21. The van der Waals surface area contributed by atoms with Crippen LogP contribution in [0.3, 0.4) is 0 Å². The van der Waals surface area contributed by atoms with Crippen molar-refractivity contribution in [3.8, 4) is 0 Å². The van der Waals surface area contributed by atoms with E-state index in [0.717, 1.165) is 44.3 Å². The zero-order valence-corrected chi connectivity index (χ0v) is 9.75. The zero-order chi connectivity index (χ0) is 10.9. The highest BCUT2D eigenvalue weighted by atomic mass is 16.3. The van der Waals surface area contributed by atoms with Crippen molar-refractivity contribution < 1.29 is 4.42 Å². The van der Waals surface area contributed by atoms with Gasteiger partial charge in [-0.25, -0.2) is 0 Å². The summed E-state index contributed by atoms with van der Waals surface area (Å²) < 4.78 is 5.21. The first-order chi connectivity index (χ1) is 7.29. The van der Waals surface area contributed by atoms with Crippen LogP contribution in [0, 0.1) is 5.92 Å². The van der Waals surface area contributed by atoms with E-state index in [4.69, 9.17) is 4.42 Å². The maximum Gasteiger partial charge on any atom is 0.117 e. The van der Waals surface area contributed by atoms with Crippen molar-refractivity contribution in [1.82, 2.24) is 10.6 Å². The number of hydrogen-bond acceptors (Lipinski definition) is 3.